The Labute approximate surface area is 402 Å². The van der Waals surface area contributed by atoms with Gasteiger partial charge < -0.3 is 29.3 Å². The molecule has 5 aliphatic heterocycles. The Morgan fingerprint density at radius 3 is 2.45 bits per heavy atom. The minimum absolute atomic E-state index is 0.00509. The van der Waals surface area contributed by atoms with Gasteiger partial charge in [0.05, 0.1) is 30.1 Å². The third kappa shape index (κ3) is 8.41. The number of pyridine rings is 1. The van der Waals surface area contributed by atoms with Crippen LogP contribution in [-0.4, -0.2) is 112 Å². The van der Waals surface area contributed by atoms with Crippen LogP contribution in [0.3, 0.4) is 0 Å². The van der Waals surface area contributed by atoms with Crippen molar-refractivity contribution in [2.45, 2.75) is 120 Å². The fourth-order valence-electron chi connectivity index (χ4n) is 13.2. The average molecular weight is 940 g/mol. The number of carbonyl (C=O) groups excluding carboxylic acids is 2. The number of amides is 2. The van der Waals surface area contributed by atoms with Crippen LogP contribution in [0.4, 0.5) is 14.6 Å². The Hall–Kier alpha value is -5.31. The van der Waals surface area contributed by atoms with Crippen LogP contribution in [0.15, 0.2) is 54.7 Å². The zero-order valence-corrected chi connectivity index (χ0v) is 39.7. The van der Waals surface area contributed by atoms with E-state index in [9.17, 15) is 14.7 Å². The van der Waals surface area contributed by atoms with Gasteiger partial charge in [0.25, 0.3) is 0 Å². The predicted octanol–water partition coefficient (Wildman–Crippen LogP) is 8.95. The molecule has 2 saturated carbocycles. The van der Waals surface area contributed by atoms with Gasteiger partial charge in [-0.2, -0.15) is 9.97 Å². The molecule has 12 rings (SSSR count). The maximum absolute atomic E-state index is 17.2. The minimum Gasteiger partial charge on any atom is -0.508 e. The lowest BCUT2D eigenvalue weighted by Gasteiger charge is -2.56. The van der Waals surface area contributed by atoms with Gasteiger partial charge in [-0.1, -0.05) is 37.3 Å². The Balaban J connectivity index is 0.701. The number of halogens is 2. The molecule has 14 heteroatoms. The van der Waals surface area contributed by atoms with Crippen molar-refractivity contribution in [3.63, 3.8) is 0 Å². The molecule has 5 aromatic rings. The van der Waals surface area contributed by atoms with E-state index in [1.807, 2.05) is 13.0 Å². The number of phenolic OH excluding ortho intramolecular Hbond substituents is 1. The number of aromatic hydroxyl groups is 1. The number of likely N-dealkylation sites (tertiary alicyclic amines) is 2. The molecular weight excluding hydrogens is 877 g/mol. The summed E-state index contributed by atoms with van der Waals surface area (Å²) in [5.74, 6) is -0.615. The number of imide groups is 1. The standard InChI is InChI=1S/C55H63F2N7O5/c1-2-40-44(56)9-7-37-26-39(65)27-42(46(37)40)48-47(57)49-43(30-58-48)50(64-19-4-13-55(32-64)18-24-69-55)61-52(60-49)68-33-54(14-15-54)31-62-22-16-53(17-23-62)28-38(29-53)63-20-11-34(12-21-63)35-5-3-6-36(25-35)41-8-10-45(66)59-51(41)67/h3,5-7,9,25-27,30,34,38,41,65H,2,4,8,10-24,28-29,31-33H2,1H3,(H,59,66,67). The Bertz CT molecular complexity index is 2830. The molecule has 7 fully saturated rings. The van der Waals surface area contributed by atoms with E-state index in [1.54, 1.807) is 18.3 Å². The highest BCUT2D eigenvalue weighted by molar-refractivity contribution is 6.02. The number of ether oxygens (including phenoxy) is 2. The molecule has 5 saturated heterocycles. The maximum Gasteiger partial charge on any atom is 0.319 e. The third-order valence-corrected chi connectivity index (χ3v) is 17.6. The van der Waals surface area contributed by atoms with E-state index in [0.717, 1.165) is 96.4 Å². The van der Waals surface area contributed by atoms with Crippen LogP contribution in [0.1, 0.15) is 119 Å². The minimum atomic E-state index is -0.661. The molecule has 362 valence electrons. The van der Waals surface area contributed by atoms with Gasteiger partial charge >= 0.3 is 6.01 Å². The molecule has 2 atom stereocenters. The number of carbonyl (C=O) groups is 2. The number of nitrogens with one attached hydrogen (secondary N) is 1. The van der Waals surface area contributed by atoms with Crippen molar-refractivity contribution in [2.75, 3.05) is 63.9 Å². The van der Waals surface area contributed by atoms with E-state index in [2.05, 4.69) is 43.2 Å². The normalized spacial score (nSPS) is 25.3. The van der Waals surface area contributed by atoms with Crippen LogP contribution < -0.4 is 15.0 Å². The van der Waals surface area contributed by atoms with Crippen LogP contribution in [0.2, 0.25) is 0 Å². The van der Waals surface area contributed by atoms with Crippen LogP contribution >= 0.6 is 0 Å². The number of benzene rings is 3. The molecule has 2 N–H and O–H groups in total. The lowest BCUT2D eigenvalue weighted by atomic mass is 9.59. The summed E-state index contributed by atoms with van der Waals surface area (Å²) in [4.78, 5) is 46.3. The van der Waals surface area contributed by atoms with Gasteiger partial charge in [-0.05, 0) is 160 Å². The van der Waals surface area contributed by atoms with Crippen molar-refractivity contribution in [1.82, 2.24) is 30.1 Å². The second kappa shape index (κ2) is 17.5. The van der Waals surface area contributed by atoms with Crippen molar-refractivity contribution in [3.05, 3.63) is 83.1 Å². The molecule has 12 nitrogen and oxygen atoms in total. The zero-order chi connectivity index (χ0) is 47.1. The number of aryl methyl sites for hydroxylation is 1. The van der Waals surface area contributed by atoms with E-state index in [4.69, 9.17) is 19.4 Å². The average Bonchev–Trinajstić information content (AvgIpc) is 4.11. The molecule has 7 heterocycles. The summed E-state index contributed by atoms with van der Waals surface area (Å²) in [6, 6.07) is 15.4. The molecule has 3 aromatic carbocycles. The number of nitrogens with zero attached hydrogens (tertiary/aromatic N) is 6. The molecule has 0 bridgehead atoms. The summed E-state index contributed by atoms with van der Waals surface area (Å²) in [7, 11) is 0. The summed E-state index contributed by atoms with van der Waals surface area (Å²) in [5, 5.41) is 14.9. The Morgan fingerprint density at radius 2 is 1.71 bits per heavy atom. The number of aromatic nitrogens is 3. The fourth-order valence-corrected chi connectivity index (χ4v) is 13.2. The van der Waals surface area contributed by atoms with E-state index >= 15 is 8.78 Å². The number of rotatable bonds is 11. The van der Waals surface area contributed by atoms with Gasteiger partial charge in [-0.3, -0.25) is 19.9 Å². The molecule has 2 aromatic heterocycles. The highest BCUT2D eigenvalue weighted by atomic mass is 19.1. The van der Waals surface area contributed by atoms with Crippen LogP contribution in [0, 0.1) is 22.5 Å². The summed E-state index contributed by atoms with van der Waals surface area (Å²) in [5.41, 5.74) is 3.38. The van der Waals surface area contributed by atoms with Gasteiger partial charge in [0.15, 0.2) is 5.82 Å². The second-order valence-corrected chi connectivity index (χ2v) is 21.9. The van der Waals surface area contributed by atoms with Crippen molar-refractivity contribution < 1.29 is 33.0 Å². The summed E-state index contributed by atoms with van der Waals surface area (Å²) in [6.07, 6.45) is 15.2. The summed E-state index contributed by atoms with van der Waals surface area (Å²) >= 11 is 0. The van der Waals surface area contributed by atoms with Crippen molar-refractivity contribution in [3.8, 4) is 23.0 Å². The van der Waals surface area contributed by atoms with Gasteiger partial charge in [-0.15, -0.1) is 0 Å². The first-order valence-corrected chi connectivity index (χ1v) is 25.7. The highest BCUT2D eigenvalue weighted by Gasteiger charge is 2.51. The number of hydrogen-bond acceptors (Lipinski definition) is 11. The molecule has 2 spiro atoms. The molecule has 2 unspecified atom stereocenters. The lowest BCUT2D eigenvalue weighted by Crippen LogP contribution is -2.56. The number of anilines is 1. The van der Waals surface area contributed by atoms with Crippen LogP contribution in [-0.2, 0) is 20.7 Å². The van der Waals surface area contributed by atoms with Crippen LogP contribution in [0.25, 0.3) is 32.9 Å². The Morgan fingerprint density at radius 1 is 0.913 bits per heavy atom. The first-order valence-electron chi connectivity index (χ1n) is 25.7. The first-order chi connectivity index (χ1) is 33.5. The number of piperidine rings is 4. The molecule has 7 aliphatic rings. The largest absolute Gasteiger partial charge is 0.508 e. The Kier molecular flexibility index (Phi) is 11.4. The monoisotopic (exact) mass is 939 g/mol. The van der Waals surface area contributed by atoms with Crippen LogP contribution in [0.5, 0.6) is 11.8 Å². The second-order valence-electron chi connectivity index (χ2n) is 21.9. The molecule has 0 radical (unpaired) electrons. The number of fused-ring (bicyclic) bond motifs is 2. The van der Waals surface area contributed by atoms with Gasteiger partial charge in [0.2, 0.25) is 11.8 Å². The van der Waals surface area contributed by atoms with E-state index in [0.29, 0.717) is 82.9 Å². The number of phenols is 1. The molecule has 2 aliphatic carbocycles. The fraction of sp³-hybridized carbons (Fsp3) is 0.545. The summed E-state index contributed by atoms with van der Waals surface area (Å²) in [6.45, 7) is 9.77. The van der Waals surface area contributed by atoms with E-state index < -0.39 is 5.82 Å². The first kappa shape index (κ1) is 44.9. The smallest absolute Gasteiger partial charge is 0.319 e. The third-order valence-electron chi connectivity index (χ3n) is 17.6. The predicted molar refractivity (Wildman–Crippen MR) is 259 cm³/mol. The molecular formula is C55H63F2N7O5. The summed E-state index contributed by atoms with van der Waals surface area (Å²) < 4.78 is 45.1. The topological polar surface area (TPSA) is 133 Å². The molecule has 69 heavy (non-hydrogen) atoms. The highest BCUT2D eigenvalue weighted by Crippen LogP contribution is 2.54. The van der Waals surface area contributed by atoms with Gasteiger partial charge in [-0.25, -0.2) is 8.78 Å². The maximum atomic E-state index is 17.2. The lowest BCUT2D eigenvalue weighted by molar-refractivity contribution is -0.151. The van der Waals surface area contributed by atoms with Crippen molar-refractivity contribution in [2.24, 2.45) is 10.8 Å². The SMILES string of the molecule is CCc1c(F)ccc2cc(O)cc(-c3ncc4c(N5CCCC6(CCO6)C5)nc(OCC5(CN6CCC7(CC6)CC(N6CCC(c8cccc(C9CCC(=O)NC9=O)c8)CC6)C7)CC5)nc4c3F)c12. The number of hydrogen-bond donors (Lipinski definition) is 2. The molecule has 2 amide bonds. The van der Waals surface area contributed by atoms with Crippen molar-refractivity contribution >= 4 is 39.3 Å². The van der Waals surface area contributed by atoms with Gasteiger partial charge in [0.1, 0.15) is 28.6 Å². The van der Waals surface area contributed by atoms with Crippen molar-refractivity contribution in [1.29, 1.82) is 0 Å². The van der Waals surface area contributed by atoms with Gasteiger partial charge in [0, 0.05) is 55.7 Å². The van der Waals surface area contributed by atoms with E-state index in [1.165, 1.54) is 43.4 Å². The zero-order valence-electron chi connectivity index (χ0n) is 39.7. The van der Waals surface area contributed by atoms with E-state index in [-0.39, 0.29) is 57.5 Å². The quantitative estimate of drug-likeness (QED) is 0.123.